The minimum absolute atomic E-state index is 0.00717. The van der Waals surface area contributed by atoms with Gasteiger partial charge < -0.3 is 61.0 Å². The molecule has 60 heavy (non-hydrogen) atoms. The van der Waals surface area contributed by atoms with E-state index < -0.39 is 91.1 Å². The summed E-state index contributed by atoms with van der Waals surface area (Å²) in [5, 5.41) is 35.3. The van der Waals surface area contributed by atoms with Gasteiger partial charge in [0.2, 0.25) is 12.2 Å². The summed E-state index contributed by atoms with van der Waals surface area (Å²) in [5.41, 5.74) is 11.4. The Morgan fingerprint density at radius 3 is 2.25 bits per heavy atom. The second-order valence-electron chi connectivity index (χ2n) is 13.4. The number of fused-ring (bicyclic) bond motifs is 2. The Morgan fingerprint density at radius 2 is 1.60 bits per heavy atom. The number of halogens is 1. The number of ether oxygens (including phenoxy) is 3. The number of phosphoric acid groups is 3. The summed E-state index contributed by atoms with van der Waals surface area (Å²) in [6, 6.07) is 6.41. The third kappa shape index (κ3) is 9.22. The van der Waals surface area contributed by atoms with Crippen molar-refractivity contribution >= 4 is 69.7 Å². The molecule has 2 saturated heterocycles. The molecule has 2 fully saturated rings. The van der Waals surface area contributed by atoms with Gasteiger partial charge in [-0.25, -0.2) is 27.8 Å². The van der Waals surface area contributed by atoms with Gasteiger partial charge in [-0.05, 0) is 24.3 Å². The van der Waals surface area contributed by atoms with Gasteiger partial charge >= 0.3 is 29.1 Å². The highest BCUT2D eigenvalue weighted by atomic mass is 35.5. The van der Waals surface area contributed by atoms with Gasteiger partial charge in [0, 0.05) is 10.9 Å². The first-order chi connectivity index (χ1) is 28.1. The molecule has 0 aliphatic carbocycles. The molecule has 1 aromatic carbocycles. The molecule has 0 radical (unpaired) electrons. The van der Waals surface area contributed by atoms with Crippen LogP contribution in [0, 0.1) is 5.92 Å². The number of imidazole rings is 2. The Hall–Kier alpha value is -4.11. The van der Waals surface area contributed by atoms with E-state index in [1.165, 1.54) is 33.3 Å². The van der Waals surface area contributed by atoms with Crippen molar-refractivity contribution in [3.63, 3.8) is 0 Å². The monoisotopic (exact) mass is 925 g/mol. The second kappa shape index (κ2) is 16.6. The minimum atomic E-state index is -5.98. The van der Waals surface area contributed by atoms with Gasteiger partial charge in [0.15, 0.2) is 30.6 Å². The predicted molar refractivity (Wildman–Crippen MR) is 201 cm³/mol. The molecule has 12 N–H and O–H groups in total. The summed E-state index contributed by atoms with van der Waals surface area (Å²) < 4.78 is 77.0. The van der Waals surface area contributed by atoms with E-state index >= 15 is 0 Å². The fourth-order valence-corrected chi connectivity index (χ4v) is 10.1. The van der Waals surface area contributed by atoms with Crippen molar-refractivity contribution in [2.75, 3.05) is 18.9 Å². The fourth-order valence-electron chi connectivity index (χ4n) is 6.46. The zero-order valence-corrected chi connectivity index (χ0v) is 34.1. The third-order valence-electron chi connectivity index (χ3n) is 9.22. The molecule has 0 amide bonds. The van der Waals surface area contributed by atoms with Gasteiger partial charge in [0.05, 0.1) is 31.3 Å². The van der Waals surface area contributed by atoms with Crippen LogP contribution in [0.5, 0.6) is 5.75 Å². The number of H-pyrrole nitrogens is 1. The Morgan fingerprint density at radius 1 is 0.967 bits per heavy atom. The number of hydrogen-bond acceptors (Lipinski definition) is 20. The lowest BCUT2D eigenvalue weighted by Crippen LogP contribution is -2.43. The van der Waals surface area contributed by atoms with Crippen LogP contribution in [-0.4, -0.2) is 104 Å². The van der Waals surface area contributed by atoms with Gasteiger partial charge in [-0.1, -0.05) is 30.1 Å². The Bertz CT molecular complexity index is 2540. The molecule has 11 atom stereocenters. The number of rotatable bonds is 15. The van der Waals surface area contributed by atoms with Crippen LogP contribution in [0.1, 0.15) is 25.1 Å². The molecule has 3 aliphatic rings. The molecule has 6 heterocycles. The van der Waals surface area contributed by atoms with Crippen LogP contribution in [0.15, 0.2) is 53.3 Å². The highest BCUT2D eigenvalue weighted by molar-refractivity contribution is 7.66. The van der Waals surface area contributed by atoms with Gasteiger partial charge in [-0.3, -0.25) is 23.4 Å². The van der Waals surface area contributed by atoms with Crippen LogP contribution in [0.4, 0.5) is 11.8 Å². The lowest BCUT2D eigenvalue weighted by atomic mass is 10.0. The SMILES string of the molecule is C=C1NC(N)=Nc2c1ncn2[C@@H]1OC(COP(=O)(O)OP(=O)(O)OP(=O)(O)OC[C@H]2OC([n+]3cn(COc4ccc(Cl)cc4)c4c(=O)[nH]c(N)nc43)[C@H](C)[C@@H]2O)[C@@H](O)[C@H]1O. The number of benzene rings is 1. The maximum atomic E-state index is 13.0. The van der Waals surface area contributed by atoms with Crippen LogP contribution < -0.4 is 31.6 Å². The molecule has 27 nitrogen and oxygen atoms in total. The predicted octanol–water partition coefficient (Wildman–Crippen LogP) is -0.418. The lowest BCUT2D eigenvalue weighted by Gasteiger charge is -2.21. The number of hydrogen-bond donors (Lipinski definition) is 10. The van der Waals surface area contributed by atoms with E-state index in [0.717, 1.165) is 0 Å². The average molecular weight is 926 g/mol. The largest absolute Gasteiger partial charge is 0.490 e. The quantitative estimate of drug-likeness (QED) is 0.0535. The zero-order chi connectivity index (χ0) is 43.5. The Labute approximate surface area is 341 Å². The second-order valence-corrected chi connectivity index (χ2v) is 18.5. The third-order valence-corrected chi connectivity index (χ3v) is 13.7. The van der Waals surface area contributed by atoms with Crippen LogP contribution in [0.2, 0.25) is 5.02 Å². The van der Waals surface area contributed by atoms with Gasteiger partial charge in [-0.2, -0.15) is 13.6 Å². The van der Waals surface area contributed by atoms with Gasteiger partial charge in [-0.15, -0.1) is 0 Å². The van der Waals surface area contributed by atoms with Crippen LogP contribution in [0.25, 0.3) is 16.9 Å². The van der Waals surface area contributed by atoms with E-state index in [4.69, 9.17) is 41.8 Å². The number of aromatic amines is 1. The number of phosphoric ester groups is 2. The van der Waals surface area contributed by atoms with Crippen molar-refractivity contribution in [2.24, 2.45) is 16.6 Å². The molecule has 3 aromatic heterocycles. The summed E-state index contributed by atoms with van der Waals surface area (Å²) in [7, 11) is -17.3. The van der Waals surface area contributed by atoms with E-state index in [2.05, 4.69) is 45.0 Å². The van der Waals surface area contributed by atoms with Crippen molar-refractivity contribution in [2.45, 2.75) is 56.6 Å². The maximum absolute atomic E-state index is 13.0. The maximum Gasteiger partial charge on any atom is 0.490 e. The number of aromatic nitrogens is 6. The minimum Gasteiger partial charge on any atom is -0.461 e. The number of aliphatic hydroxyl groups excluding tert-OH is 3. The number of aliphatic imine (C=N–C) groups is 1. The number of guanidine groups is 1. The van der Waals surface area contributed by atoms with E-state index in [1.807, 2.05) is 0 Å². The first-order valence-electron chi connectivity index (χ1n) is 17.2. The normalized spacial score (nSPS) is 28.4. The van der Waals surface area contributed by atoms with Crippen LogP contribution in [-0.2, 0) is 47.6 Å². The molecule has 4 aromatic rings. The zero-order valence-electron chi connectivity index (χ0n) is 30.6. The molecular formula is C29H37ClN10O17P3+. The molecule has 31 heteroatoms. The Kier molecular flexibility index (Phi) is 12.2. The van der Waals surface area contributed by atoms with Crippen molar-refractivity contribution in [1.29, 1.82) is 0 Å². The molecule has 3 aliphatic heterocycles. The topological polar surface area (TPSA) is 386 Å². The Balaban J connectivity index is 0.956. The average Bonchev–Trinajstić information content (AvgIpc) is 3.88. The molecular weight excluding hydrogens is 889 g/mol. The smallest absolute Gasteiger partial charge is 0.461 e. The molecule has 7 rings (SSSR count). The van der Waals surface area contributed by atoms with E-state index in [-0.39, 0.29) is 47.0 Å². The first kappa shape index (κ1) is 44.0. The number of nitrogen functional groups attached to an aromatic ring is 1. The van der Waals surface area contributed by atoms with Crippen molar-refractivity contribution in [3.8, 4) is 5.75 Å². The summed E-state index contributed by atoms with van der Waals surface area (Å²) in [6.07, 6.45) is -7.73. The molecule has 0 bridgehead atoms. The highest BCUT2D eigenvalue weighted by Crippen LogP contribution is 2.68. The van der Waals surface area contributed by atoms with Gasteiger partial charge in [0.1, 0.15) is 35.9 Å². The number of nitrogens with zero attached hydrogens (tertiary/aromatic N) is 6. The molecule has 326 valence electrons. The van der Waals surface area contributed by atoms with Crippen molar-refractivity contribution < 1.29 is 80.1 Å². The standard InChI is InChI=1S/C29H36ClN10O17P3/c1-12-20(41)16(54-26(12)40-10-38(11-51-15-5-3-14(30)4-6-15)19-24(40)36-29(32)37-25(19)44)7-52-58(45,46)56-60(49,50)57-59(47,48)53-8-17-21(42)22(43)27(55-17)39-9-33-18-13(2)34-28(31)35-23(18)39/h3-6,9-10,12,16-17,20-22,26-27,41-43H,2,7-8,11H2,1H3,(H8-,31,32,34,35,36,37,44,45,46,47,48,49,50)/p+1/t12-,16-,17?,20+,21-,22-,26?,27-/m1/s1. The first-order valence-corrected chi connectivity index (χ1v) is 22.1. The number of aliphatic hydroxyl groups is 3. The van der Waals surface area contributed by atoms with Crippen LogP contribution >= 0.6 is 35.1 Å². The van der Waals surface area contributed by atoms with Crippen molar-refractivity contribution in [1.82, 2.24) is 29.4 Å². The molecule has 5 unspecified atom stereocenters. The van der Waals surface area contributed by atoms with E-state index in [0.29, 0.717) is 10.8 Å². The summed E-state index contributed by atoms with van der Waals surface area (Å²) >= 11 is 5.94. The number of nitrogens with two attached hydrogens (primary N) is 2. The molecule has 0 saturated carbocycles. The van der Waals surface area contributed by atoms with Crippen LogP contribution in [0.3, 0.4) is 0 Å². The summed E-state index contributed by atoms with van der Waals surface area (Å²) in [4.78, 5) is 58.3. The lowest BCUT2D eigenvalue weighted by molar-refractivity contribution is -0.745. The van der Waals surface area contributed by atoms with Gasteiger partial charge in [0.25, 0.3) is 11.5 Å². The summed E-state index contributed by atoms with van der Waals surface area (Å²) in [5.74, 6) is -0.607. The number of nitrogens with one attached hydrogen (secondary N) is 2. The highest BCUT2D eigenvalue weighted by Gasteiger charge is 2.49. The summed E-state index contributed by atoms with van der Waals surface area (Å²) in [6.45, 7) is 3.09. The van der Waals surface area contributed by atoms with E-state index in [1.54, 1.807) is 24.3 Å². The fraction of sp³-hybridized carbons (Fsp3) is 0.414. The number of anilines is 1. The van der Waals surface area contributed by atoms with E-state index in [9.17, 15) is 48.5 Å². The van der Waals surface area contributed by atoms with Crippen molar-refractivity contribution in [3.05, 3.63) is 64.6 Å². The molecule has 0 spiro atoms.